The van der Waals surface area contributed by atoms with Gasteiger partial charge in [-0.3, -0.25) is 14.0 Å². The summed E-state index contributed by atoms with van der Waals surface area (Å²) in [7, 11) is 0. The highest BCUT2D eigenvalue weighted by Crippen LogP contribution is 2.20. The second-order valence-corrected chi connectivity index (χ2v) is 9.15. The monoisotopic (exact) mass is 461 g/mol. The first-order valence-electron chi connectivity index (χ1n) is 9.74. The quantitative estimate of drug-likeness (QED) is 0.480. The molecule has 0 aliphatic rings. The minimum absolute atomic E-state index is 0.106. The van der Waals surface area contributed by atoms with E-state index in [1.165, 1.54) is 36.0 Å². The molecule has 0 saturated heterocycles. The Hall–Kier alpha value is -2.59. The number of anilines is 1. The first-order valence-corrected chi connectivity index (χ1v) is 12.2. The van der Waals surface area contributed by atoms with Gasteiger partial charge in [0, 0.05) is 11.9 Å². The fraction of sp³-hybridized carbons (Fsp3) is 0.333. The molecule has 164 valence electrons. The lowest BCUT2D eigenvalue weighted by molar-refractivity contribution is -0.121. The first kappa shape index (κ1) is 23.1. The van der Waals surface area contributed by atoms with Crippen molar-refractivity contribution in [3.8, 4) is 0 Å². The molecule has 3 aromatic rings. The molecule has 0 aliphatic carbocycles. The van der Waals surface area contributed by atoms with Gasteiger partial charge in [0.05, 0.1) is 17.0 Å². The van der Waals surface area contributed by atoms with E-state index >= 15 is 0 Å². The third-order valence-electron chi connectivity index (χ3n) is 4.54. The van der Waals surface area contributed by atoms with Crippen LogP contribution < -0.4 is 10.6 Å². The second kappa shape index (κ2) is 11.1. The predicted octanol–water partition coefficient (Wildman–Crippen LogP) is 3.54. The maximum absolute atomic E-state index is 13.0. The summed E-state index contributed by atoms with van der Waals surface area (Å²) in [5.74, 6) is 0.860. The van der Waals surface area contributed by atoms with Crippen molar-refractivity contribution in [2.45, 2.75) is 24.6 Å². The molecule has 2 heterocycles. The Morgan fingerprint density at radius 1 is 1.16 bits per heavy atom. The summed E-state index contributed by atoms with van der Waals surface area (Å²) in [6, 6.07) is 10.9. The zero-order valence-electron chi connectivity index (χ0n) is 17.2. The number of amides is 2. The molecule has 0 fully saturated rings. The molecule has 0 radical (unpaired) electrons. The van der Waals surface area contributed by atoms with Crippen molar-refractivity contribution in [2.24, 2.45) is 0 Å². The van der Waals surface area contributed by atoms with Crippen LogP contribution in [0.15, 0.2) is 48.7 Å². The average Bonchev–Trinajstić information content (AvgIpc) is 3.20. The number of pyridine rings is 1. The molecule has 2 atom stereocenters. The number of hydrogen-bond acceptors (Lipinski definition) is 6. The number of fused-ring (bicyclic) bond motifs is 1. The minimum Gasteiger partial charge on any atom is -0.345 e. The van der Waals surface area contributed by atoms with E-state index in [-0.39, 0.29) is 29.4 Å². The van der Waals surface area contributed by atoms with Gasteiger partial charge in [0.2, 0.25) is 11.8 Å². The standard InChI is InChI=1S/C21H24FN5O2S2/c1-14(31-13-19(28)23-16-8-6-15(22)7-9-16)21(29)24-17(10-12-30-2)20-26-25-18-5-3-4-11-27(18)20/h3-9,11,14,17H,10,12-13H2,1-2H3,(H,23,28)(H,24,29). The summed E-state index contributed by atoms with van der Waals surface area (Å²) in [6.45, 7) is 1.76. The molecule has 2 amide bonds. The van der Waals surface area contributed by atoms with Gasteiger partial charge in [0.25, 0.3) is 0 Å². The van der Waals surface area contributed by atoms with Gasteiger partial charge in [-0.05, 0) is 61.8 Å². The van der Waals surface area contributed by atoms with Gasteiger partial charge < -0.3 is 10.6 Å². The number of carbonyl (C=O) groups excluding carboxylic acids is 2. The third-order valence-corrected chi connectivity index (χ3v) is 6.33. The number of nitrogens with one attached hydrogen (secondary N) is 2. The highest BCUT2D eigenvalue weighted by molar-refractivity contribution is 8.01. The lowest BCUT2D eigenvalue weighted by Crippen LogP contribution is -2.36. The van der Waals surface area contributed by atoms with Crippen LogP contribution in [0.1, 0.15) is 25.2 Å². The number of carbonyl (C=O) groups is 2. The number of hydrogen-bond donors (Lipinski definition) is 2. The van der Waals surface area contributed by atoms with Crippen molar-refractivity contribution in [3.05, 3.63) is 60.3 Å². The lowest BCUT2D eigenvalue weighted by Gasteiger charge is -2.19. The van der Waals surface area contributed by atoms with E-state index < -0.39 is 5.25 Å². The highest BCUT2D eigenvalue weighted by Gasteiger charge is 2.23. The summed E-state index contributed by atoms with van der Waals surface area (Å²) in [4.78, 5) is 24.9. The van der Waals surface area contributed by atoms with E-state index in [4.69, 9.17) is 0 Å². The lowest BCUT2D eigenvalue weighted by atomic mass is 10.2. The van der Waals surface area contributed by atoms with Gasteiger partial charge in [0.1, 0.15) is 5.82 Å². The van der Waals surface area contributed by atoms with Crippen molar-refractivity contribution >= 4 is 46.7 Å². The Kier molecular flexibility index (Phi) is 8.30. The molecular weight excluding hydrogens is 437 g/mol. The number of rotatable bonds is 10. The van der Waals surface area contributed by atoms with Gasteiger partial charge in [-0.25, -0.2) is 4.39 Å². The minimum atomic E-state index is -0.435. The average molecular weight is 462 g/mol. The van der Waals surface area contributed by atoms with Gasteiger partial charge in [-0.15, -0.1) is 22.0 Å². The predicted molar refractivity (Wildman–Crippen MR) is 124 cm³/mol. The molecule has 1 aromatic carbocycles. The van der Waals surface area contributed by atoms with Crippen molar-refractivity contribution in [1.29, 1.82) is 0 Å². The molecule has 0 spiro atoms. The molecule has 3 rings (SSSR count). The fourth-order valence-electron chi connectivity index (χ4n) is 2.89. The van der Waals surface area contributed by atoms with E-state index in [0.29, 0.717) is 17.9 Å². The Morgan fingerprint density at radius 3 is 2.68 bits per heavy atom. The van der Waals surface area contributed by atoms with Crippen LogP contribution in [0.3, 0.4) is 0 Å². The van der Waals surface area contributed by atoms with Crippen molar-refractivity contribution in [3.63, 3.8) is 0 Å². The van der Waals surface area contributed by atoms with Gasteiger partial charge in [0.15, 0.2) is 11.5 Å². The van der Waals surface area contributed by atoms with Crippen LogP contribution in [-0.4, -0.2) is 49.4 Å². The maximum Gasteiger partial charge on any atom is 0.234 e. The Bertz CT molecular complexity index is 1030. The summed E-state index contributed by atoms with van der Waals surface area (Å²) < 4.78 is 14.8. The Labute approximate surface area is 188 Å². The summed E-state index contributed by atoms with van der Waals surface area (Å²) in [6.07, 6.45) is 4.60. The number of aromatic nitrogens is 3. The molecule has 10 heteroatoms. The van der Waals surface area contributed by atoms with Crippen LogP contribution in [0, 0.1) is 5.82 Å². The SMILES string of the molecule is CSCCC(NC(=O)C(C)SCC(=O)Nc1ccc(F)cc1)c1nnc2ccccn12. The van der Waals surface area contributed by atoms with Crippen molar-refractivity contribution in [1.82, 2.24) is 19.9 Å². The molecule has 0 aliphatic heterocycles. The molecule has 2 unspecified atom stereocenters. The van der Waals surface area contributed by atoms with E-state index in [1.807, 2.05) is 35.1 Å². The van der Waals surface area contributed by atoms with Crippen molar-refractivity contribution < 1.29 is 14.0 Å². The second-order valence-electron chi connectivity index (χ2n) is 6.84. The number of benzene rings is 1. The summed E-state index contributed by atoms with van der Waals surface area (Å²) in [5, 5.41) is 13.8. The van der Waals surface area contributed by atoms with Crippen LogP contribution >= 0.6 is 23.5 Å². The van der Waals surface area contributed by atoms with Crippen LogP contribution in [-0.2, 0) is 9.59 Å². The Morgan fingerprint density at radius 2 is 1.94 bits per heavy atom. The normalized spacial score (nSPS) is 13.0. The van der Waals surface area contributed by atoms with E-state index in [1.54, 1.807) is 18.7 Å². The van der Waals surface area contributed by atoms with Crippen LogP contribution in [0.25, 0.3) is 5.65 Å². The van der Waals surface area contributed by atoms with Crippen molar-refractivity contribution in [2.75, 3.05) is 23.1 Å². The Balaban J connectivity index is 1.57. The summed E-state index contributed by atoms with van der Waals surface area (Å²) >= 11 is 2.93. The van der Waals surface area contributed by atoms with Crippen LogP contribution in [0.2, 0.25) is 0 Å². The molecular formula is C21H24FN5O2S2. The molecule has 0 saturated carbocycles. The smallest absolute Gasteiger partial charge is 0.234 e. The molecule has 2 aromatic heterocycles. The largest absolute Gasteiger partial charge is 0.345 e. The molecule has 31 heavy (non-hydrogen) atoms. The van der Waals surface area contributed by atoms with Gasteiger partial charge >= 0.3 is 0 Å². The number of halogens is 1. The third kappa shape index (κ3) is 6.44. The van der Waals surface area contributed by atoms with Gasteiger partial charge in [-0.1, -0.05) is 6.07 Å². The summed E-state index contributed by atoms with van der Waals surface area (Å²) in [5.41, 5.74) is 1.24. The number of thioether (sulfide) groups is 2. The zero-order valence-corrected chi connectivity index (χ0v) is 18.9. The fourth-order valence-corrected chi connectivity index (χ4v) is 4.06. The zero-order chi connectivity index (χ0) is 22.2. The van der Waals surface area contributed by atoms with Crippen LogP contribution in [0.4, 0.5) is 10.1 Å². The molecule has 0 bridgehead atoms. The van der Waals surface area contributed by atoms with E-state index in [2.05, 4.69) is 20.8 Å². The van der Waals surface area contributed by atoms with Gasteiger partial charge in [-0.2, -0.15) is 11.8 Å². The molecule has 2 N–H and O–H groups in total. The topological polar surface area (TPSA) is 88.4 Å². The number of nitrogens with zero attached hydrogens (tertiary/aromatic N) is 3. The van der Waals surface area contributed by atoms with E-state index in [9.17, 15) is 14.0 Å². The maximum atomic E-state index is 13.0. The molecule has 7 nitrogen and oxygen atoms in total. The highest BCUT2D eigenvalue weighted by atomic mass is 32.2. The first-order chi connectivity index (χ1) is 15.0. The van der Waals surface area contributed by atoms with E-state index in [0.717, 1.165) is 11.4 Å². The van der Waals surface area contributed by atoms with Crippen LogP contribution in [0.5, 0.6) is 0 Å².